The van der Waals surface area contributed by atoms with Crippen LogP contribution in [0.1, 0.15) is 34.8 Å². The molecule has 0 radical (unpaired) electrons. The third-order valence-electron chi connectivity index (χ3n) is 5.30. The number of esters is 1. The third kappa shape index (κ3) is 5.80. The Hall–Kier alpha value is -3.57. The molecule has 0 aromatic heterocycles. The standard InChI is InChI=1S/C24H20F7NO4/c1-13(25)12-36-15-4-5-16(19(10-15)24(29,30)31)22(34)32-8-7-23(27,28)18(11-21(33)35-2)17-9-14(26)3-6-20(17)32/h3-6,9-11,13H,7-8,12H2,1-2H3/t13-/m1/s1. The summed E-state index contributed by atoms with van der Waals surface area (Å²) < 4.78 is 108. The molecule has 0 N–H and O–H groups in total. The highest BCUT2D eigenvalue weighted by Gasteiger charge is 2.43. The minimum absolute atomic E-state index is 0.326. The van der Waals surface area contributed by atoms with Gasteiger partial charge in [-0.1, -0.05) is 0 Å². The minimum Gasteiger partial charge on any atom is -0.491 e. The fourth-order valence-electron chi connectivity index (χ4n) is 3.63. The summed E-state index contributed by atoms with van der Waals surface area (Å²) in [5.74, 6) is -7.54. The van der Waals surface area contributed by atoms with Crippen LogP contribution >= 0.6 is 0 Å². The van der Waals surface area contributed by atoms with Crippen molar-refractivity contribution in [2.75, 3.05) is 25.2 Å². The molecule has 0 unspecified atom stereocenters. The van der Waals surface area contributed by atoms with Crippen LogP contribution < -0.4 is 9.64 Å². The van der Waals surface area contributed by atoms with Crippen LogP contribution in [0, 0.1) is 5.82 Å². The van der Waals surface area contributed by atoms with Crippen molar-refractivity contribution in [3.05, 3.63) is 65.0 Å². The van der Waals surface area contributed by atoms with Crippen molar-refractivity contribution in [2.24, 2.45) is 0 Å². The second kappa shape index (κ2) is 10.2. The molecule has 36 heavy (non-hydrogen) atoms. The highest BCUT2D eigenvalue weighted by Crippen LogP contribution is 2.44. The van der Waals surface area contributed by atoms with E-state index in [1.165, 1.54) is 0 Å². The van der Waals surface area contributed by atoms with E-state index in [0.717, 1.165) is 38.3 Å². The minimum atomic E-state index is -5.05. The van der Waals surface area contributed by atoms with Gasteiger partial charge in [0.05, 0.1) is 23.9 Å². The maximum Gasteiger partial charge on any atom is 0.417 e. The Morgan fingerprint density at radius 1 is 1.17 bits per heavy atom. The molecule has 0 spiro atoms. The van der Waals surface area contributed by atoms with Gasteiger partial charge in [-0.2, -0.15) is 13.2 Å². The second-order valence-corrected chi connectivity index (χ2v) is 7.95. The zero-order valence-corrected chi connectivity index (χ0v) is 19.0. The lowest BCUT2D eigenvalue weighted by Gasteiger charge is -2.25. The van der Waals surface area contributed by atoms with Gasteiger partial charge in [0.1, 0.15) is 24.3 Å². The molecule has 1 atom stereocenters. The van der Waals surface area contributed by atoms with Crippen LogP contribution in [0.2, 0.25) is 0 Å². The SMILES string of the molecule is COC(=O)C=C1c2cc(F)ccc2N(C(=O)c2ccc(OC[C@@H](C)F)cc2C(F)(F)F)CCC1(F)F. The van der Waals surface area contributed by atoms with E-state index in [0.29, 0.717) is 23.1 Å². The number of allylic oxidation sites excluding steroid dienone is 1. The third-order valence-corrected chi connectivity index (χ3v) is 5.30. The fraction of sp³-hybridized carbons (Fsp3) is 0.333. The van der Waals surface area contributed by atoms with Gasteiger partial charge in [-0.05, 0) is 43.3 Å². The van der Waals surface area contributed by atoms with Gasteiger partial charge in [0.25, 0.3) is 11.8 Å². The number of hydrogen-bond acceptors (Lipinski definition) is 4. The molecular weight excluding hydrogens is 499 g/mol. The number of benzene rings is 2. The van der Waals surface area contributed by atoms with Crippen molar-refractivity contribution < 1.29 is 49.8 Å². The van der Waals surface area contributed by atoms with Crippen LogP contribution in [0.25, 0.3) is 5.57 Å². The van der Waals surface area contributed by atoms with Gasteiger partial charge in [0.15, 0.2) is 0 Å². The van der Waals surface area contributed by atoms with Gasteiger partial charge in [-0.25, -0.2) is 22.4 Å². The second-order valence-electron chi connectivity index (χ2n) is 7.95. The zero-order valence-electron chi connectivity index (χ0n) is 19.0. The number of methoxy groups -OCH3 is 1. The molecule has 2 aromatic rings. The average molecular weight is 519 g/mol. The lowest BCUT2D eigenvalue weighted by Crippen LogP contribution is -2.34. The molecule has 2 aromatic carbocycles. The molecule has 0 saturated carbocycles. The highest BCUT2D eigenvalue weighted by molar-refractivity contribution is 6.09. The highest BCUT2D eigenvalue weighted by atomic mass is 19.4. The number of carbonyl (C=O) groups is 2. The van der Waals surface area contributed by atoms with Crippen molar-refractivity contribution in [3.63, 3.8) is 0 Å². The van der Waals surface area contributed by atoms with Crippen LogP contribution in [0.3, 0.4) is 0 Å². The van der Waals surface area contributed by atoms with Gasteiger partial charge in [0.2, 0.25) is 0 Å². The number of alkyl halides is 6. The van der Waals surface area contributed by atoms with E-state index in [9.17, 15) is 40.3 Å². The van der Waals surface area contributed by atoms with Gasteiger partial charge in [0, 0.05) is 30.2 Å². The number of ether oxygens (including phenoxy) is 2. The first kappa shape index (κ1) is 27.0. The van der Waals surface area contributed by atoms with Gasteiger partial charge >= 0.3 is 12.1 Å². The van der Waals surface area contributed by atoms with E-state index in [1.54, 1.807) is 0 Å². The Labute approximate surface area is 201 Å². The lowest BCUT2D eigenvalue weighted by atomic mass is 9.97. The largest absolute Gasteiger partial charge is 0.491 e. The van der Waals surface area contributed by atoms with E-state index in [-0.39, 0.29) is 11.4 Å². The van der Waals surface area contributed by atoms with Gasteiger partial charge in [-0.3, -0.25) is 4.79 Å². The van der Waals surface area contributed by atoms with Gasteiger partial charge < -0.3 is 14.4 Å². The molecule has 1 aliphatic rings. The fourth-order valence-corrected chi connectivity index (χ4v) is 3.63. The summed E-state index contributed by atoms with van der Waals surface area (Å²) in [5.41, 5.74) is -4.14. The van der Waals surface area contributed by atoms with Crippen molar-refractivity contribution in [1.29, 1.82) is 0 Å². The summed E-state index contributed by atoms with van der Waals surface area (Å²) in [7, 11) is 0.941. The normalized spacial score (nSPS) is 17.2. The number of rotatable bonds is 5. The number of anilines is 1. The number of fused-ring (bicyclic) bond motifs is 1. The number of hydrogen-bond donors (Lipinski definition) is 0. The van der Waals surface area contributed by atoms with E-state index < -0.39 is 77.8 Å². The van der Waals surface area contributed by atoms with E-state index >= 15 is 0 Å². The lowest BCUT2D eigenvalue weighted by molar-refractivity contribution is -0.138. The first-order chi connectivity index (χ1) is 16.7. The van der Waals surface area contributed by atoms with Crippen LogP contribution in [0.5, 0.6) is 5.75 Å². The molecule has 0 aliphatic carbocycles. The van der Waals surface area contributed by atoms with Crippen LogP contribution in [0.4, 0.5) is 36.4 Å². The summed E-state index contributed by atoms with van der Waals surface area (Å²) in [6.45, 7) is -0.140. The molecule has 0 bridgehead atoms. The van der Waals surface area contributed by atoms with Crippen LogP contribution in [0.15, 0.2) is 42.5 Å². The summed E-state index contributed by atoms with van der Waals surface area (Å²) >= 11 is 0. The summed E-state index contributed by atoms with van der Waals surface area (Å²) in [5, 5.41) is 0. The molecule has 1 heterocycles. The van der Waals surface area contributed by atoms with Crippen molar-refractivity contribution >= 4 is 23.1 Å². The smallest absolute Gasteiger partial charge is 0.417 e. The number of nitrogens with zero attached hydrogens (tertiary/aromatic N) is 1. The van der Waals surface area contributed by atoms with E-state index in [2.05, 4.69) is 4.74 Å². The predicted molar refractivity (Wildman–Crippen MR) is 115 cm³/mol. The molecular formula is C24H20F7NO4. The topological polar surface area (TPSA) is 55.8 Å². The molecule has 194 valence electrons. The summed E-state index contributed by atoms with van der Waals surface area (Å²) in [4.78, 5) is 25.7. The molecule has 5 nitrogen and oxygen atoms in total. The van der Waals surface area contributed by atoms with Crippen molar-refractivity contribution in [1.82, 2.24) is 0 Å². The Morgan fingerprint density at radius 2 is 1.86 bits per heavy atom. The molecule has 1 aliphatic heterocycles. The Kier molecular flexibility index (Phi) is 7.65. The first-order valence-electron chi connectivity index (χ1n) is 10.5. The number of carbonyl (C=O) groups excluding carboxylic acids is 2. The quantitative estimate of drug-likeness (QED) is 0.284. The molecule has 12 heteroatoms. The number of halogens is 7. The van der Waals surface area contributed by atoms with Crippen molar-refractivity contribution in [3.8, 4) is 5.75 Å². The first-order valence-corrected chi connectivity index (χ1v) is 10.5. The van der Waals surface area contributed by atoms with E-state index in [4.69, 9.17) is 4.74 Å². The summed E-state index contributed by atoms with van der Waals surface area (Å²) in [6.07, 6.45) is -7.15. The molecule has 0 saturated heterocycles. The van der Waals surface area contributed by atoms with Gasteiger partial charge in [-0.15, -0.1) is 0 Å². The number of amides is 1. The molecule has 0 fully saturated rings. The zero-order chi connectivity index (χ0) is 26.8. The average Bonchev–Trinajstić information content (AvgIpc) is 2.90. The molecule has 1 amide bonds. The van der Waals surface area contributed by atoms with Crippen LogP contribution in [-0.2, 0) is 15.7 Å². The Morgan fingerprint density at radius 3 is 2.47 bits per heavy atom. The predicted octanol–water partition coefficient (Wildman–Crippen LogP) is 5.82. The maximum absolute atomic E-state index is 15.0. The Balaban J connectivity index is 2.15. The van der Waals surface area contributed by atoms with Crippen LogP contribution in [-0.4, -0.2) is 44.2 Å². The van der Waals surface area contributed by atoms with E-state index in [1.807, 2.05) is 0 Å². The summed E-state index contributed by atoms with van der Waals surface area (Å²) in [6, 6.07) is 4.78. The molecule has 3 rings (SSSR count). The maximum atomic E-state index is 15.0. The Bertz CT molecular complexity index is 1190. The van der Waals surface area contributed by atoms with Crippen molar-refractivity contribution in [2.45, 2.75) is 31.6 Å². The monoisotopic (exact) mass is 519 g/mol.